The summed E-state index contributed by atoms with van der Waals surface area (Å²) in [6.45, 7) is 6.64. The molecule has 0 bridgehead atoms. The van der Waals surface area contributed by atoms with Crippen molar-refractivity contribution in [2.45, 2.75) is 39.2 Å². The van der Waals surface area contributed by atoms with Crippen LogP contribution >= 0.6 is 0 Å². The van der Waals surface area contributed by atoms with E-state index in [1.807, 2.05) is 48.5 Å². The Labute approximate surface area is 188 Å². The summed E-state index contributed by atoms with van der Waals surface area (Å²) in [6, 6.07) is 17.6. The number of piperidine rings is 1. The maximum atomic E-state index is 13.2. The summed E-state index contributed by atoms with van der Waals surface area (Å²) in [6.07, 6.45) is 1.61. The number of nitrogens with one attached hydrogen (secondary N) is 1. The SMILES string of the molecule is CC(C)c1cc(C(=O)Nc2cccc(CN3CCC(C(N)=O)CC3)c2)c2ccccc2n1. The van der Waals surface area contributed by atoms with Gasteiger partial charge in [0.1, 0.15) is 0 Å². The summed E-state index contributed by atoms with van der Waals surface area (Å²) in [5.74, 6) is -0.112. The Morgan fingerprint density at radius 3 is 2.56 bits per heavy atom. The first-order valence-electron chi connectivity index (χ1n) is 11.2. The van der Waals surface area contributed by atoms with E-state index in [1.165, 1.54) is 0 Å². The molecule has 3 aromatic rings. The number of carbonyl (C=O) groups is 2. The van der Waals surface area contributed by atoms with Gasteiger partial charge in [0.15, 0.2) is 0 Å². The largest absolute Gasteiger partial charge is 0.369 e. The van der Waals surface area contributed by atoms with Gasteiger partial charge in [-0.1, -0.05) is 44.2 Å². The Balaban J connectivity index is 1.49. The minimum atomic E-state index is -0.196. The Hall–Kier alpha value is -3.25. The van der Waals surface area contributed by atoms with Crippen molar-refractivity contribution < 1.29 is 9.59 Å². The van der Waals surface area contributed by atoms with E-state index in [4.69, 9.17) is 10.7 Å². The highest BCUT2D eigenvalue weighted by molar-refractivity contribution is 6.12. The highest BCUT2D eigenvalue weighted by Crippen LogP contribution is 2.24. The van der Waals surface area contributed by atoms with Crippen LogP contribution in [0, 0.1) is 5.92 Å². The predicted molar refractivity (Wildman–Crippen MR) is 127 cm³/mol. The Morgan fingerprint density at radius 1 is 1.09 bits per heavy atom. The molecule has 1 fully saturated rings. The standard InChI is InChI=1S/C26H30N4O2/c1-17(2)24-15-22(21-8-3-4-9-23(21)29-24)26(32)28-20-7-5-6-18(14-20)16-30-12-10-19(11-13-30)25(27)31/h3-9,14-15,17,19H,10-13,16H2,1-2H3,(H2,27,31)(H,28,32). The number of benzene rings is 2. The van der Waals surface area contributed by atoms with Crippen LogP contribution in [0.15, 0.2) is 54.6 Å². The van der Waals surface area contributed by atoms with Crippen molar-refractivity contribution in [2.24, 2.45) is 11.7 Å². The second-order valence-electron chi connectivity index (χ2n) is 8.87. The zero-order valence-corrected chi connectivity index (χ0v) is 18.7. The minimum Gasteiger partial charge on any atom is -0.369 e. The molecular weight excluding hydrogens is 400 g/mol. The molecule has 0 saturated carbocycles. The van der Waals surface area contributed by atoms with Gasteiger partial charge in [-0.15, -0.1) is 0 Å². The monoisotopic (exact) mass is 430 g/mol. The van der Waals surface area contributed by atoms with Crippen LogP contribution in [0.3, 0.4) is 0 Å². The summed E-state index contributed by atoms with van der Waals surface area (Å²) in [7, 11) is 0. The molecule has 2 amide bonds. The number of rotatable bonds is 6. The molecule has 1 aromatic heterocycles. The summed E-state index contributed by atoms with van der Waals surface area (Å²) >= 11 is 0. The van der Waals surface area contributed by atoms with Crippen molar-refractivity contribution in [3.05, 3.63) is 71.4 Å². The average Bonchev–Trinajstić information content (AvgIpc) is 2.78. The second-order valence-corrected chi connectivity index (χ2v) is 8.87. The number of hydrogen-bond acceptors (Lipinski definition) is 4. The Bertz CT molecular complexity index is 1130. The van der Waals surface area contributed by atoms with Crippen LogP contribution < -0.4 is 11.1 Å². The maximum absolute atomic E-state index is 13.2. The number of anilines is 1. The van der Waals surface area contributed by atoms with E-state index in [0.717, 1.165) is 60.3 Å². The van der Waals surface area contributed by atoms with Crippen LogP contribution in [-0.4, -0.2) is 34.8 Å². The number of para-hydroxylation sites is 1. The molecule has 0 aliphatic carbocycles. The maximum Gasteiger partial charge on any atom is 0.256 e. The van der Waals surface area contributed by atoms with Gasteiger partial charge in [-0.3, -0.25) is 19.5 Å². The summed E-state index contributed by atoms with van der Waals surface area (Å²) in [4.78, 5) is 31.6. The normalized spacial score (nSPS) is 15.2. The fourth-order valence-corrected chi connectivity index (χ4v) is 4.26. The first kappa shape index (κ1) is 22.0. The Morgan fingerprint density at radius 2 is 1.84 bits per heavy atom. The van der Waals surface area contributed by atoms with Crippen LogP contribution in [0.5, 0.6) is 0 Å². The van der Waals surface area contributed by atoms with Gasteiger partial charge in [0.05, 0.1) is 11.1 Å². The number of aromatic nitrogens is 1. The van der Waals surface area contributed by atoms with Gasteiger partial charge >= 0.3 is 0 Å². The number of likely N-dealkylation sites (tertiary alicyclic amines) is 1. The van der Waals surface area contributed by atoms with Crippen LogP contribution in [0.1, 0.15) is 54.2 Å². The number of fused-ring (bicyclic) bond motifs is 1. The van der Waals surface area contributed by atoms with Crippen LogP contribution in [0.4, 0.5) is 5.69 Å². The second kappa shape index (κ2) is 9.49. The van der Waals surface area contributed by atoms with Crippen molar-refractivity contribution >= 4 is 28.4 Å². The number of primary amides is 1. The lowest BCUT2D eigenvalue weighted by Crippen LogP contribution is -2.38. The van der Waals surface area contributed by atoms with Gasteiger partial charge in [0.2, 0.25) is 5.91 Å². The molecule has 32 heavy (non-hydrogen) atoms. The summed E-state index contributed by atoms with van der Waals surface area (Å²) in [5, 5.41) is 3.92. The van der Waals surface area contributed by atoms with Crippen molar-refractivity contribution in [1.82, 2.24) is 9.88 Å². The molecule has 1 saturated heterocycles. The van der Waals surface area contributed by atoms with Crippen LogP contribution in [0.25, 0.3) is 10.9 Å². The lowest BCUT2D eigenvalue weighted by Gasteiger charge is -2.30. The number of nitrogens with two attached hydrogens (primary N) is 1. The number of nitrogens with zero attached hydrogens (tertiary/aromatic N) is 2. The minimum absolute atomic E-state index is 0.0113. The lowest BCUT2D eigenvalue weighted by atomic mass is 9.96. The molecule has 6 nitrogen and oxygen atoms in total. The first-order valence-corrected chi connectivity index (χ1v) is 11.2. The van der Waals surface area contributed by atoms with Crippen molar-refractivity contribution in [1.29, 1.82) is 0 Å². The Kier molecular flexibility index (Phi) is 6.51. The molecule has 1 aliphatic heterocycles. The van der Waals surface area contributed by atoms with Crippen molar-refractivity contribution in [3.63, 3.8) is 0 Å². The van der Waals surface area contributed by atoms with Crippen LogP contribution in [0.2, 0.25) is 0 Å². The third kappa shape index (κ3) is 4.97. The molecule has 0 radical (unpaired) electrons. The van der Waals surface area contributed by atoms with E-state index in [9.17, 15) is 9.59 Å². The number of carbonyl (C=O) groups excluding carboxylic acids is 2. The van der Waals surface area contributed by atoms with Gasteiger partial charge in [-0.2, -0.15) is 0 Å². The molecule has 2 heterocycles. The van der Waals surface area contributed by atoms with Gasteiger partial charge in [0, 0.05) is 29.2 Å². The van der Waals surface area contributed by atoms with Crippen molar-refractivity contribution in [3.8, 4) is 0 Å². The first-order chi connectivity index (χ1) is 15.4. The molecule has 3 N–H and O–H groups in total. The van der Waals surface area contributed by atoms with Gasteiger partial charge in [-0.05, 0) is 61.7 Å². The highest BCUT2D eigenvalue weighted by Gasteiger charge is 2.23. The topological polar surface area (TPSA) is 88.3 Å². The zero-order chi connectivity index (χ0) is 22.7. The molecule has 4 rings (SSSR count). The summed E-state index contributed by atoms with van der Waals surface area (Å²) in [5.41, 5.74) is 9.71. The number of hydrogen-bond donors (Lipinski definition) is 2. The molecule has 166 valence electrons. The van der Waals surface area contributed by atoms with E-state index in [1.54, 1.807) is 0 Å². The molecule has 6 heteroatoms. The van der Waals surface area contributed by atoms with Gasteiger partial charge in [-0.25, -0.2) is 0 Å². The van der Waals surface area contributed by atoms with E-state index in [-0.39, 0.29) is 23.7 Å². The smallest absolute Gasteiger partial charge is 0.256 e. The third-order valence-corrected chi connectivity index (χ3v) is 6.15. The zero-order valence-electron chi connectivity index (χ0n) is 18.7. The molecule has 0 unspecified atom stereocenters. The number of pyridine rings is 1. The van der Waals surface area contributed by atoms with E-state index in [2.05, 4.69) is 30.1 Å². The molecule has 1 aliphatic rings. The third-order valence-electron chi connectivity index (χ3n) is 6.15. The predicted octanol–water partition coefficient (Wildman–Crippen LogP) is 4.31. The average molecular weight is 431 g/mol. The van der Waals surface area contributed by atoms with E-state index >= 15 is 0 Å². The van der Waals surface area contributed by atoms with Crippen molar-refractivity contribution in [2.75, 3.05) is 18.4 Å². The fraction of sp³-hybridized carbons (Fsp3) is 0.346. The van der Waals surface area contributed by atoms with E-state index < -0.39 is 0 Å². The molecule has 2 aromatic carbocycles. The highest BCUT2D eigenvalue weighted by atomic mass is 16.2. The molecule has 0 atom stereocenters. The van der Waals surface area contributed by atoms with Crippen LogP contribution in [-0.2, 0) is 11.3 Å². The van der Waals surface area contributed by atoms with Gasteiger partial charge < -0.3 is 11.1 Å². The lowest BCUT2D eigenvalue weighted by molar-refractivity contribution is -0.123. The molecule has 0 spiro atoms. The van der Waals surface area contributed by atoms with Gasteiger partial charge in [0.25, 0.3) is 5.91 Å². The van der Waals surface area contributed by atoms with E-state index in [0.29, 0.717) is 5.56 Å². The molecular formula is C26H30N4O2. The quantitative estimate of drug-likeness (QED) is 0.610. The summed E-state index contributed by atoms with van der Waals surface area (Å²) < 4.78 is 0. The fourth-order valence-electron chi connectivity index (χ4n) is 4.26. The number of amides is 2.